The Morgan fingerprint density at radius 1 is 1.45 bits per heavy atom. The van der Waals surface area contributed by atoms with Crippen LogP contribution in [0.3, 0.4) is 0 Å². The van der Waals surface area contributed by atoms with E-state index < -0.39 is 0 Å². The van der Waals surface area contributed by atoms with Gasteiger partial charge in [0, 0.05) is 32.7 Å². The Hall–Kier alpha value is -0.150. The van der Waals surface area contributed by atoms with Gasteiger partial charge in [0.15, 0.2) is 0 Å². The normalized spacial score (nSPS) is 23.5. The van der Waals surface area contributed by atoms with Gasteiger partial charge in [0.05, 0.1) is 6.67 Å². The van der Waals surface area contributed by atoms with Crippen molar-refractivity contribution in [3.05, 3.63) is 0 Å². The highest BCUT2D eigenvalue weighted by Crippen LogP contribution is 2.01. The molecule has 1 fully saturated rings. The highest BCUT2D eigenvalue weighted by molar-refractivity contribution is 4.68. The number of hydrogen-bond donors (Lipinski definition) is 0. The van der Waals surface area contributed by atoms with Gasteiger partial charge in [0.1, 0.15) is 0 Å². The molecular weight excluding hydrogens is 143 g/mol. The van der Waals surface area contributed by atoms with Gasteiger partial charge in [-0.1, -0.05) is 6.92 Å². The second kappa shape index (κ2) is 4.67. The maximum Gasteiger partial charge on any atom is 0.0932 e. The molecule has 3 heteroatoms. The molecule has 1 radical (unpaired) electrons. The Bertz CT molecular complexity index is 102. The van der Waals surface area contributed by atoms with Crippen molar-refractivity contribution >= 4 is 0 Å². The molecule has 65 valence electrons. The fraction of sp³-hybridized carbons (Fsp3) is 1.00. The smallest absolute Gasteiger partial charge is 0.0932 e. The van der Waals surface area contributed by atoms with Gasteiger partial charge in [-0.2, -0.15) is 0 Å². The van der Waals surface area contributed by atoms with Crippen LogP contribution in [0.1, 0.15) is 6.92 Å². The van der Waals surface area contributed by atoms with Crippen LogP contribution >= 0.6 is 0 Å². The van der Waals surface area contributed by atoms with Crippen LogP contribution < -0.4 is 5.32 Å². The maximum atomic E-state index is 12.1. The molecule has 0 amide bonds. The molecule has 1 aliphatic rings. The van der Waals surface area contributed by atoms with Crippen LogP contribution in [0.15, 0.2) is 0 Å². The zero-order valence-corrected chi connectivity index (χ0v) is 7.09. The van der Waals surface area contributed by atoms with Crippen molar-refractivity contribution in [2.24, 2.45) is 5.92 Å². The SMILES string of the molecule is C[C@@H](CF)CN1CC[N]CC1. The molecule has 0 bridgehead atoms. The van der Waals surface area contributed by atoms with E-state index in [0.29, 0.717) is 0 Å². The third-order valence-electron chi connectivity index (χ3n) is 1.98. The van der Waals surface area contributed by atoms with E-state index in [4.69, 9.17) is 0 Å². The van der Waals surface area contributed by atoms with Crippen molar-refractivity contribution in [1.29, 1.82) is 0 Å². The van der Waals surface area contributed by atoms with Gasteiger partial charge in [-0.15, -0.1) is 0 Å². The molecule has 11 heavy (non-hydrogen) atoms. The number of halogens is 1. The highest BCUT2D eigenvalue weighted by Gasteiger charge is 2.12. The minimum absolute atomic E-state index is 0.188. The number of rotatable bonds is 3. The summed E-state index contributed by atoms with van der Waals surface area (Å²) in [6.07, 6.45) is 0. The minimum Gasteiger partial charge on any atom is -0.300 e. The van der Waals surface area contributed by atoms with Crippen LogP contribution in [0.2, 0.25) is 0 Å². The van der Waals surface area contributed by atoms with Gasteiger partial charge in [-0.3, -0.25) is 4.39 Å². The van der Waals surface area contributed by atoms with Crippen molar-refractivity contribution in [3.63, 3.8) is 0 Å². The fourth-order valence-corrected chi connectivity index (χ4v) is 1.32. The van der Waals surface area contributed by atoms with Gasteiger partial charge < -0.3 is 4.90 Å². The van der Waals surface area contributed by atoms with Crippen molar-refractivity contribution in [2.75, 3.05) is 39.4 Å². The molecule has 1 saturated heterocycles. The predicted octanol–water partition coefficient (Wildman–Crippen LogP) is 0.512. The van der Waals surface area contributed by atoms with Crippen molar-refractivity contribution in [2.45, 2.75) is 6.92 Å². The molecule has 0 unspecified atom stereocenters. The maximum absolute atomic E-state index is 12.1. The van der Waals surface area contributed by atoms with Crippen LogP contribution in [0.5, 0.6) is 0 Å². The first kappa shape index (κ1) is 8.94. The lowest BCUT2D eigenvalue weighted by Crippen LogP contribution is -2.42. The lowest BCUT2D eigenvalue weighted by atomic mass is 10.2. The average molecular weight is 159 g/mol. The van der Waals surface area contributed by atoms with Crippen LogP contribution in [0.4, 0.5) is 4.39 Å². The summed E-state index contributed by atoms with van der Waals surface area (Å²) in [5, 5.41) is 4.23. The molecular formula is C8H16FN2. The van der Waals surface area contributed by atoms with Crippen molar-refractivity contribution in [3.8, 4) is 0 Å². The summed E-state index contributed by atoms with van der Waals surface area (Å²) < 4.78 is 12.1. The van der Waals surface area contributed by atoms with Crippen molar-refractivity contribution in [1.82, 2.24) is 10.2 Å². The molecule has 1 atom stereocenters. The highest BCUT2D eigenvalue weighted by atomic mass is 19.1. The third-order valence-corrected chi connectivity index (χ3v) is 1.98. The quantitative estimate of drug-likeness (QED) is 0.586. The van der Waals surface area contributed by atoms with E-state index in [-0.39, 0.29) is 12.6 Å². The topological polar surface area (TPSA) is 17.3 Å². The van der Waals surface area contributed by atoms with Crippen LogP contribution in [-0.2, 0) is 0 Å². The van der Waals surface area contributed by atoms with E-state index in [1.807, 2.05) is 6.92 Å². The molecule has 0 aromatic heterocycles. The number of alkyl halides is 1. The van der Waals surface area contributed by atoms with Gasteiger partial charge in [0.25, 0.3) is 0 Å². The summed E-state index contributed by atoms with van der Waals surface area (Å²) in [4.78, 5) is 2.29. The van der Waals surface area contributed by atoms with Crippen LogP contribution in [0, 0.1) is 5.92 Å². The van der Waals surface area contributed by atoms with Gasteiger partial charge >= 0.3 is 0 Å². The Labute approximate surface area is 67.8 Å². The first-order chi connectivity index (χ1) is 5.33. The molecule has 0 aromatic rings. The summed E-state index contributed by atoms with van der Waals surface area (Å²) >= 11 is 0. The summed E-state index contributed by atoms with van der Waals surface area (Å²) in [6.45, 7) is 6.54. The summed E-state index contributed by atoms with van der Waals surface area (Å²) in [7, 11) is 0. The van der Waals surface area contributed by atoms with E-state index in [1.165, 1.54) is 0 Å². The summed E-state index contributed by atoms with van der Waals surface area (Å²) in [5.41, 5.74) is 0. The fourth-order valence-electron chi connectivity index (χ4n) is 1.32. The zero-order valence-electron chi connectivity index (χ0n) is 7.09. The molecule has 1 aliphatic heterocycles. The molecule has 1 heterocycles. The Morgan fingerprint density at radius 2 is 2.09 bits per heavy atom. The molecule has 1 rings (SSSR count). The van der Waals surface area contributed by atoms with E-state index >= 15 is 0 Å². The summed E-state index contributed by atoms with van der Waals surface area (Å²) in [6, 6.07) is 0. The number of hydrogen-bond acceptors (Lipinski definition) is 1. The second-order valence-corrected chi connectivity index (χ2v) is 3.23. The Morgan fingerprint density at radius 3 is 2.64 bits per heavy atom. The molecule has 0 N–H and O–H groups in total. The van der Waals surface area contributed by atoms with Crippen LogP contribution in [0.25, 0.3) is 0 Å². The second-order valence-electron chi connectivity index (χ2n) is 3.23. The Kier molecular flexibility index (Phi) is 3.80. The molecule has 0 aliphatic carbocycles. The summed E-state index contributed by atoms with van der Waals surface area (Å²) in [5.74, 6) is 0.188. The molecule has 0 saturated carbocycles. The van der Waals surface area contributed by atoms with Gasteiger partial charge in [-0.05, 0) is 5.92 Å². The van der Waals surface area contributed by atoms with E-state index in [0.717, 1.165) is 32.7 Å². The van der Waals surface area contributed by atoms with Gasteiger partial charge in [0.2, 0.25) is 0 Å². The monoisotopic (exact) mass is 159 g/mol. The lowest BCUT2D eigenvalue weighted by Gasteiger charge is -2.27. The predicted molar refractivity (Wildman–Crippen MR) is 43.4 cm³/mol. The first-order valence-electron chi connectivity index (χ1n) is 4.24. The molecule has 0 aromatic carbocycles. The minimum atomic E-state index is -0.201. The van der Waals surface area contributed by atoms with Crippen molar-refractivity contribution < 1.29 is 4.39 Å². The zero-order chi connectivity index (χ0) is 8.10. The average Bonchev–Trinajstić information content (AvgIpc) is 2.06. The first-order valence-corrected chi connectivity index (χ1v) is 4.24. The largest absolute Gasteiger partial charge is 0.300 e. The number of piperazine rings is 1. The van der Waals surface area contributed by atoms with E-state index in [9.17, 15) is 4.39 Å². The van der Waals surface area contributed by atoms with Crippen LogP contribution in [-0.4, -0.2) is 44.3 Å². The van der Waals surface area contributed by atoms with E-state index in [2.05, 4.69) is 10.2 Å². The molecule has 0 spiro atoms. The Balaban J connectivity index is 2.13. The lowest BCUT2D eigenvalue weighted by molar-refractivity contribution is 0.194. The third kappa shape index (κ3) is 3.16. The molecule has 2 nitrogen and oxygen atoms in total. The van der Waals surface area contributed by atoms with E-state index in [1.54, 1.807) is 0 Å². The van der Waals surface area contributed by atoms with Gasteiger partial charge in [-0.25, -0.2) is 5.32 Å². The standard InChI is InChI=1S/C8H16FN2/c1-8(6-9)7-11-4-2-10-3-5-11/h8H,2-7H2,1H3/t8-/m0/s1. The number of nitrogens with zero attached hydrogens (tertiary/aromatic N) is 2.